The van der Waals surface area contributed by atoms with Crippen LogP contribution in [0.3, 0.4) is 0 Å². The number of nitrogen functional groups attached to an aromatic ring is 1. The molecule has 0 spiro atoms. The lowest BCUT2D eigenvalue weighted by Crippen LogP contribution is -1.95. The maximum Gasteiger partial charge on any atom is 0.185 e. The van der Waals surface area contributed by atoms with Crippen LogP contribution in [0.5, 0.6) is 11.5 Å². The molecule has 0 aliphatic rings. The number of anilines is 1. The summed E-state index contributed by atoms with van der Waals surface area (Å²) in [5.41, 5.74) is 6.70. The molecule has 0 radical (unpaired) electrons. The third-order valence-electron chi connectivity index (χ3n) is 2.09. The summed E-state index contributed by atoms with van der Waals surface area (Å²) in [7, 11) is 0. The van der Waals surface area contributed by atoms with Crippen molar-refractivity contribution in [1.82, 2.24) is 4.98 Å². The molecule has 4 heteroatoms. The number of hydrogen-bond acceptors (Lipinski definition) is 3. The van der Waals surface area contributed by atoms with Crippen LogP contribution >= 0.6 is 0 Å². The third-order valence-corrected chi connectivity index (χ3v) is 2.09. The van der Waals surface area contributed by atoms with Gasteiger partial charge in [-0.25, -0.2) is 4.39 Å². The maximum atomic E-state index is 13.4. The molecule has 1 aromatic heterocycles. The fourth-order valence-corrected chi connectivity index (χ4v) is 1.33. The highest BCUT2D eigenvalue weighted by molar-refractivity contribution is 5.54. The Kier molecular flexibility index (Phi) is 2.72. The summed E-state index contributed by atoms with van der Waals surface area (Å²) in [5, 5.41) is 0. The van der Waals surface area contributed by atoms with Gasteiger partial charge in [0.25, 0.3) is 0 Å². The molecule has 0 aliphatic carbocycles. The van der Waals surface area contributed by atoms with Crippen LogP contribution in [0, 0.1) is 12.7 Å². The third kappa shape index (κ3) is 2.11. The summed E-state index contributed by atoms with van der Waals surface area (Å²) in [6, 6.07) is 7.80. The number of rotatable bonds is 2. The van der Waals surface area contributed by atoms with E-state index in [-0.39, 0.29) is 11.4 Å². The zero-order valence-corrected chi connectivity index (χ0v) is 8.77. The zero-order valence-electron chi connectivity index (χ0n) is 8.77. The van der Waals surface area contributed by atoms with Crippen molar-refractivity contribution in [3.8, 4) is 11.5 Å². The van der Waals surface area contributed by atoms with Gasteiger partial charge >= 0.3 is 0 Å². The Morgan fingerprint density at radius 1 is 1.31 bits per heavy atom. The van der Waals surface area contributed by atoms with Gasteiger partial charge in [-0.05, 0) is 25.1 Å². The summed E-state index contributed by atoms with van der Waals surface area (Å²) in [6.45, 7) is 1.83. The van der Waals surface area contributed by atoms with E-state index in [4.69, 9.17) is 10.5 Å². The SMILES string of the molecule is Cc1cc(Oc2c(N)cccc2F)ccn1. The lowest BCUT2D eigenvalue weighted by molar-refractivity contribution is 0.444. The van der Waals surface area contributed by atoms with Gasteiger partial charge in [0.05, 0.1) is 5.69 Å². The Balaban J connectivity index is 2.34. The summed E-state index contributed by atoms with van der Waals surface area (Å²) in [6.07, 6.45) is 1.60. The average Bonchev–Trinajstić information content (AvgIpc) is 2.24. The average molecular weight is 218 g/mol. The molecule has 2 aromatic rings. The number of nitrogens with two attached hydrogens (primary N) is 1. The molecule has 0 aliphatic heterocycles. The molecule has 0 amide bonds. The lowest BCUT2D eigenvalue weighted by Gasteiger charge is -2.09. The number of aromatic nitrogens is 1. The van der Waals surface area contributed by atoms with E-state index in [1.54, 1.807) is 24.4 Å². The number of benzene rings is 1. The predicted molar refractivity (Wildman–Crippen MR) is 59.9 cm³/mol. The quantitative estimate of drug-likeness (QED) is 0.788. The first-order valence-electron chi connectivity index (χ1n) is 4.81. The Bertz CT molecular complexity index is 494. The van der Waals surface area contributed by atoms with Crippen molar-refractivity contribution in [3.63, 3.8) is 0 Å². The van der Waals surface area contributed by atoms with Crippen LogP contribution in [0.1, 0.15) is 5.69 Å². The fraction of sp³-hybridized carbons (Fsp3) is 0.0833. The second-order valence-corrected chi connectivity index (χ2v) is 3.39. The molecule has 3 nitrogen and oxygen atoms in total. The number of nitrogens with zero attached hydrogens (tertiary/aromatic N) is 1. The van der Waals surface area contributed by atoms with E-state index < -0.39 is 5.82 Å². The number of hydrogen-bond donors (Lipinski definition) is 1. The van der Waals surface area contributed by atoms with Gasteiger partial charge in [0, 0.05) is 18.0 Å². The van der Waals surface area contributed by atoms with Crippen molar-refractivity contribution in [1.29, 1.82) is 0 Å². The molecule has 82 valence electrons. The Morgan fingerprint density at radius 3 is 2.81 bits per heavy atom. The van der Waals surface area contributed by atoms with E-state index in [9.17, 15) is 4.39 Å². The van der Waals surface area contributed by atoms with Gasteiger partial charge in [-0.3, -0.25) is 4.98 Å². The molecule has 0 saturated heterocycles. The molecule has 1 heterocycles. The number of para-hydroxylation sites is 1. The first kappa shape index (κ1) is 10.4. The predicted octanol–water partition coefficient (Wildman–Crippen LogP) is 2.90. The van der Waals surface area contributed by atoms with Crippen LogP contribution in [0.4, 0.5) is 10.1 Å². The molecule has 0 atom stereocenters. The molecular weight excluding hydrogens is 207 g/mol. The van der Waals surface area contributed by atoms with E-state index in [0.29, 0.717) is 5.75 Å². The van der Waals surface area contributed by atoms with Crippen molar-refractivity contribution in [3.05, 3.63) is 48.0 Å². The molecule has 0 fully saturated rings. The minimum absolute atomic E-state index is 0.0492. The number of pyridine rings is 1. The normalized spacial score (nSPS) is 10.1. The number of halogens is 1. The molecule has 1 aromatic carbocycles. The van der Waals surface area contributed by atoms with E-state index in [0.717, 1.165) is 5.69 Å². The molecule has 16 heavy (non-hydrogen) atoms. The van der Waals surface area contributed by atoms with Crippen LogP contribution in [-0.2, 0) is 0 Å². The monoisotopic (exact) mass is 218 g/mol. The van der Waals surface area contributed by atoms with E-state index in [1.807, 2.05) is 6.92 Å². The van der Waals surface area contributed by atoms with Crippen LogP contribution in [-0.4, -0.2) is 4.98 Å². The Hall–Kier alpha value is -2.10. The molecular formula is C12H11FN2O. The van der Waals surface area contributed by atoms with Crippen LogP contribution in [0.2, 0.25) is 0 Å². The molecule has 0 saturated carbocycles. The highest BCUT2D eigenvalue weighted by Crippen LogP contribution is 2.29. The molecule has 0 bridgehead atoms. The van der Waals surface area contributed by atoms with Crippen molar-refractivity contribution in [2.75, 3.05) is 5.73 Å². The fourth-order valence-electron chi connectivity index (χ4n) is 1.33. The molecule has 2 N–H and O–H groups in total. The smallest absolute Gasteiger partial charge is 0.185 e. The van der Waals surface area contributed by atoms with E-state index in [2.05, 4.69) is 4.98 Å². The topological polar surface area (TPSA) is 48.1 Å². The zero-order chi connectivity index (χ0) is 11.5. The van der Waals surface area contributed by atoms with Crippen molar-refractivity contribution in [2.24, 2.45) is 0 Å². The standard InChI is InChI=1S/C12H11FN2O/c1-8-7-9(5-6-15-8)16-12-10(13)3-2-4-11(12)14/h2-7H,14H2,1H3. The first-order chi connectivity index (χ1) is 7.66. The van der Waals surface area contributed by atoms with Gasteiger partial charge in [-0.1, -0.05) is 6.07 Å². The van der Waals surface area contributed by atoms with Gasteiger partial charge < -0.3 is 10.5 Å². The highest BCUT2D eigenvalue weighted by Gasteiger charge is 2.08. The second-order valence-electron chi connectivity index (χ2n) is 3.39. The Morgan fingerprint density at radius 2 is 2.12 bits per heavy atom. The minimum Gasteiger partial charge on any atom is -0.452 e. The number of aryl methyl sites for hydroxylation is 1. The first-order valence-corrected chi connectivity index (χ1v) is 4.81. The van der Waals surface area contributed by atoms with Gasteiger partial charge in [0.15, 0.2) is 11.6 Å². The maximum absolute atomic E-state index is 13.4. The van der Waals surface area contributed by atoms with Crippen molar-refractivity contribution in [2.45, 2.75) is 6.92 Å². The lowest BCUT2D eigenvalue weighted by atomic mass is 10.3. The van der Waals surface area contributed by atoms with Crippen LogP contribution in [0.15, 0.2) is 36.5 Å². The number of ether oxygens (including phenoxy) is 1. The summed E-state index contributed by atoms with van der Waals surface area (Å²) >= 11 is 0. The molecule has 0 unspecified atom stereocenters. The molecule has 2 rings (SSSR count). The highest BCUT2D eigenvalue weighted by atomic mass is 19.1. The summed E-state index contributed by atoms with van der Waals surface area (Å²) in [4.78, 5) is 4.02. The van der Waals surface area contributed by atoms with Crippen LogP contribution < -0.4 is 10.5 Å². The largest absolute Gasteiger partial charge is 0.452 e. The van der Waals surface area contributed by atoms with Gasteiger partial charge in [-0.15, -0.1) is 0 Å². The van der Waals surface area contributed by atoms with Crippen molar-refractivity contribution < 1.29 is 9.13 Å². The van der Waals surface area contributed by atoms with Crippen molar-refractivity contribution >= 4 is 5.69 Å². The minimum atomic E-state index is -0.477. The summed E-state index contributed by atoms with van der Waals surface area (Å²) in [5.74, 6) is 0.0897. The van der Waals surface area contributed by atoms with Gasteiger partial charge in [-0.2, -0.15) is 0 Å². The van der Waals surface area contributed by atoms with Crippen LogP contribution in [0.25, 0.3) is 0 Å². The Labute approximate surface area is 92.7 Å². The van der Waals surface area contributed by atoms with E-state index in [1.165, 1.54) is 12.1 Å². The second kappa shape index (κ2) is 4.18. The summed E-state index contributed by atoms with van der Waals surface area (Å²) < 4.78 is 18.8. The van der Waals surface area contributed by atoms with Gasteiger partial charge in [0.2, 0.25) is 0 Å². The van der Waals surface area contributed by atoms with Gasteiger partial charge in [0.1, 0.15) is 5.75 Å². The van der Waals surface area contributed by atoms with E-state index >= 15 is 0 Å².